The first-order valence-electron chi connectivity index (χ1n) is 5.77. The Morgan fingerprint density at radius 3 is 2.61 bits per heavy atom. The molecule has 0 amide bonds. The van der Waals surface area contributed by atoms with E-state index < -0.39 is 0 Å². The Labute approximate surface area is 111 Å². The molecule has 0 bridgehead atoms. The molecule has 0 aromatic carbocycles. The summed E-state index contributed by atoms with van der Waals surface area (Å²) in [5.74, 6) is 0.0577. The standard InChI is InChI=1S/C14H13ClN2O/c1-2-10-8-16-6-4-12(10)14(18)7-11-3-5-17-9-13(11)15/h3-6,8-9H,2,7H2,1H3. The first-order chi connectivity index (χ1) is 8.72. The molecular weight excluding hydrogens is 248 g/mol. The number of nitrogens with zero attached hydrogens (tertiary/aromatic N) is 2. The fourth-order valence-corrected chi connectivity index (χ4v) is 1.98. The van der Waals surface area contributed by atoms with Crippen LogP contribution in [0.4, 0.5) is 0 Å². The third-order valence-corrected chi connectivity index (χ3v) is 3.13. The maximum Gasteiger partial charge on any atom is 0.167 e. The van der Waals surface area contributed by atoms with E-state index in [0.717, 1.165) is 23.1 Å². The predicted molar refractivity (Wildman–Crippen MR) is 70.9 cm³/mol. The van der Waals surface area contributed by atoms with Crippen molar-refractivity contribution in [3.05, 3.63) is 58.6 Å². The molecule has 92 valence electrons. The summed E-state index contributed by atoms with van der Waals surface area (Å²) in [6.45, 7) is 2.01. The number of Topliss-reactive ketones (excluding diaryl/α,β-unsaturated/α-hetero) is 1. The smallest absolute Gasteiger partial charge is 0.167 e. The van der Waals surface area contributed by atoms with Crippen molar-refractivity contribution in [1.82, 2.24) is 9.97 Å². The van der Waals surface area contributed by atoms with Crippen LogP contribution in [0, 0.1) is 0 Å². The number of halogens is 1. The van der Waals surface area contributed by atoms with Gasteiger partial charge in [0.25, 0.3) is 0 Å². The third-order valence-electron chi connectivity index (χ3n) is 2.79. The number of hydrogen-bond acceptors (Lipinski definition) is 3. The van der Waals surface area contributed by atoms with Crippen LogP contribution in [-0.4, -0.2) is 15.8 Å². The second kappa shape index (κ2) is 5.74. The maximum absolute atomic E-state index is 12.2. The van der Waals surface area contributed by atoms with Crippen molar-refractivity contribution >= 4 is 17.4 Å². The molecule has 18 heavy (non-hydrogen) atoms. The van der Waals surface area contributed by atoms with Crippen LogP contribution in [-0.2, 0) is 12.8 Å². The van der Waals surface area contributed by atoms with Gasteiger partial charge in [0, 0.05) is 36.8 Å². The summed E-state index contributed by atoms with van der Waals surface area (Å²) in [4.78, 5) is 20.2. The van der Waals surface area contributed by atoms with E-state index in [1.165, 1.54) is 0 Å². The van der Waals surface area contributed by atoms with Crippen molar-refractivity contribution in [3.8, 4) is 0 Å². The molecule has 0 aliphatic carbocycles. The normalized spacial score (nSPS) is 10.3. The van der Waals surface area contributed by atoms with E-state index in [-0.39, 0.29) is 5.78 Å². The Kier molecular flexibility index (Phi) is 4.05. The summed E-state index contributed by atoms with van der Waals surface area (Å²) in [6, 6.07) is 3.53. The number of aromatic nitrogens is 2. The van der Waals surface area contributed by atoms with E-state index in [2.05, 4.69) is 9.97 Å². The lowest BCUT2D eigenvalue weighted by Crippen LogP contribution is -2.07. The quantitative estimate of drug-likeness (QED) is 0.794. The Morgan fingerprint density at radius 2 is 1.89 bits per heavy atom. The first kappa shape index (κ1) is 12.7. The molecule has 0 saturated heterocycles. The number of ketones is 1. The molecule has 2 rings (SSSR count). The molecule has 0 atom stereocenters. The Hall–Kier alpha value is -1.74. The topological polar surface area (TPSA) is 42.9 Å². The minimum Gasteiger partial charge on any atom is -0.294 e. The molecule has 2 aromatic heterocycles. The minimum atomic E-state index is 0.0577. The van der Waals surface area contributed by atoms with E-state index in [1.807, 2.05) is 6.92 Å². The zero-order valence-corrected chi connectivity index (χ0v) is 10.8. The highest BCUT2D eigenvalue weighted by Gasteiger charge is 2.12. The SMILES string of the molecule is CCc1cnccc1C(=O)Cc1ccncc1Cl. The fraction of sp³-hybridized carbons (Fsp3) is 0.214. The average molecular weight is 261 g/mol. The fourth-order valence-electron chi connectivity index (χ4n) is 1.80. The van der Waals surface area contributed by atoms with Crippen LogP contribution in [0.15, 0.2) is 36.9 Å². The molecule has 0 unspecified atom stereocenters. The molecule has 4 heteroatoms. The lowest BCUT2D eigenvalue weighted by atomic mass is 9.99. The van der Waals surface area contributed by atoms with Crippen LogP contribution in [0.2, 0.25) is 5.02 Å². The van der Waals surface area contributed by atoms with Gasteiger partial charge in [0.15, 0.2) is 5.78 Å². The average Bonchev–Trinajstić information content (AvgIpc) is 2.41. The van der Waals surface area contributed by atoms with E-state index >= 15 is 0 Å². The minimum absolute atomic E-state index is 0.0577. The van der Waals surface area contributed by atoms with E-state index in [1.54, 1.807) is 36.9 Å². The zero-order chi connectivity index (χ0) is 13.0. The Morgan fingerprint density at radius 1 is 1.17 bits per heavy atom. The number of carbonyl (C=O) groups is 1. The molecule has 0 aliphatic rings. The van der Waals surface area contributed by atoms with Crippen LogP contribution in [0.25, 0.3) is 0 Å². The lowest BCUT2D eigenvalue weighted by Gasteiger charge is -2.07. The summed E-state index contributed by atoms with van der Waals surface area (Å²) in [7, 11) is 0. The van der Waals surface area contributed by atoms with Gasteiger partial charge < -0.3 is 0 Å². The third kappa shape index (κ3) is 2.74. The van der Waals surface area contributed by atoms with Gasteiger partial charge in [-0.2, -0.15) is 0 Å². The Balaban J connectivity index is 2.25. The van der Waals surface area contributed by atoms with Gasteiger partial charge in [0.2, 0.25) is 0 Å². The van der Waals surface area contributed by atoms with E-state index in [9.17, 15) is 4.79 Å². The molecule has 2 aromatic rings. The predicted octanol–water partition coefficient (Wildman–Crippen LogP) is 3.12. The van der Waals surface area contributed by atoms with Gasteiger partial charge in [-0.1, -0.05) is 18.5 Å². The molecule has 0 radical (unpaired) electrons. The highest BCUT2D eigenvalue weighted by Crippen LogP contribution is 2.17. The van der Waals surface area contributed by atoms with Crippen molar-refractivity contribution in [2.24, 2.45) is 0 Å². The molecule has 0 aliphatic heterocycles. The van der Waals surface area contributed by atoms with E-state index in [4.69, 9.17) is 11.6 Å². The molecule has 2 heterocycles. The van der Waals surface area contributed by atoms with E-state index in [0.29, 0.717) is 11.4 Å². The van der Waals surface area contributed by atoms with Crippen LogP contribution in [0.3, 0.4) is 0 Å². The molecule has 0 saturated carbocycles. The molecule has 3 nitrogen and oxygen atoms in total. The van der Waals surface area contributed by atoms with Gasteiger partial charge >= 0.3 is 0 Å². The molecule has 0 fully saturated rings. The van der Waals surface area contributed by atoms with Gasteiger partial charge in [0.05, 0.1) is 5.02 Å². The van der Waals surface area contributed by atoms with Crippen LogP contribution < -0.4 is 0 Å². The number of aryl methyl sites for hydroxylation is 1. The molecular formula is C14H13ClN2O. The number of hydrogen-bond donors (Lipinski definition) is 0. The number of pyridine rings is 2. The number of carbonyl (C=O) groups excluding carboxylic acids is 1. The summed E-state index contributed by atoms with van der Waals surface area (Å²) in [6.07, 6.45) is 7.65. The van der Waals surface area contributed by atoms with Crippen LogP contribution in [0.5, 0.6) is 0 Å². The van der Waals surface area contributed by atoms with Gasteiger partial charge in [-0.15, -0.1) is 0 Å². The van der Waals surface area contributed by atoms with Crippen molar-refractivity contribution < 1.29 is 4.79 Å². The molecule has 0 N–H and O–H groups in total. The summed E-state index contributed by atoms with van der Waals surface area (Å²) >= 11 is 6.00. The highest BCUT2D eigenvalue weighted by atomic mass is 35.5. The van der Waals surface area contributed by atoms with Crippen LogP contribution in [0.1, 0.15) is 28.4 Å². The van der Waals surface area contributed by atoms with Crippen molar-refractivity contribution in [2.45, 2.75) is 19.8 Å². The summed E-state index contributed by atoms with van der Waals surface area (Å²) < 4.78 is 0. The van der Waals surface area contributed by atoms with Crippen molar-refractivity contribution in [3.63, 3.8) is 0 Å². The van der Waals surface area contributed by atoms with Gasteiger partial charge in [-0.05, 0) is 29.7 Å². The van der Waals surface area contributed by atoms with Gasteiger partial charge in [0.1, 0.15) is 0 Å². The van der Waals surface area contributed by atoms with Crippen molar-refractivity contribution in [2.75, 3.05) is 0 Å². The van der Waals surface area contributed by atoms with Crippen LogP contribution >= 0.6 is 11.6 Å². The monoisotopic (exact) mass is 260 g/mol. The zero-order valence-electron chi connectivity index (χ0n) is 10.1. The highest BCUT2D eigenvalue weighted by molar-refractivity contribution is 6.31. The Bertz CT molecular complexity index is 569. The van der Waals surface area contributed by atoms with Crippen molar-refractivity contribution in [1.29, 1.82) is 0 Å². The summed E-state index contributed by atoms with van der Waals surface area (Å²) in [5.41, 5.74) is 2.49. The maximum atomic E-state index is 12.2. The van der Waals surface area contributed by atoms with Gasteiger partial charge in [-0.3, -0.25) is 14.8 Å². The lowest BCUT2D eigenvalue weighted by molar-refractivity contribution is 0.0992. The number of rotatable bonds is 4. The first-order valence-corrected chi connectivity index (χ1v) is 6.14. The molecule has 0 spiro atoms. The summed E-state index contributed by atoms with van der Waals surface area (Å²) in [5, 5.41) is 0.526. The second-order valence-electron chi connectivity index (χ2n) is 3.95. The van der Waals surface area contributed by atoms with Gasteiger partial charge in [-0.25, -0.2) is 0 Å². The largest absolute Gasteiger partial charge is 0.294 e. The second-order valence-corrected chi connectivity index (χ2v) is 4.36.